The van der Waals surface area contributed by atoms with E-state index in [1.165, 1.54) is 25.3 Å². The van der Waals surface area contributed by atoms with E-state index in [9.17, 15) is 13.2 Å². The average Bonchev–Trinajstić information content (AvgIpc) is 3.12. The summed E-state index contributed by atoms with van der Waals surface area (Å²) in [7, 11) is -2.22. The van der Waals surface area contributed by atoms with Crippen LogP contribution in [0.25, 0.3) is 0 Å². The first-order valence-electron chi connectivity index (χ1n) is 7.89. The molecule has 0 aliphatic rings. The lowest BCUT2D eigenvalue weighted by Gasteiger charge is -2.12. The van der Waals surface area contributed by atoms with E-state index < -0.39 is 10.0 Å². The summed E-state index contributed by atoms with van der Waals surface area (Å²) in [5.74, 6) is 0.182. The Bertz CT molecular complexity index is 804. The number of aryl methyl sites for hydroxylation is 1. The lowest BCUT2D eigenvalue weighted by Crippen LogP contribution is -2.25. The highest BCUT2D eigenvalue weighted by Gasteiger charge is 2.17. The van der Waals surface area contributed by atoms with Crippen molar-refractivity contribution in [2.75, 3.05) is 19.0 Å². The summed E-state index contributed by atoms with van der Waals surface area (Å²) in [5.41, 5.74) is 0.329. The number of amides is 1. The lowest BCUT2D eigenvalue weighted by atomic mass is 10.3. The molecule has 1 heterocycles. The van der Waals surface area contributed by atoms with Crippen LogP contribution in [0, 0.1) is 0 Å². The molecule has 1 amide bonds. The molecule has 0 saturated carbocycles. The number of carbonyl (C=O) groups is 1. The summed E-state index contributed by atoms with van der Waals surface area (Å²) in [6.07, 6.45) is 6.09. The number of methoxy groups -OCH3 is 1. The number of nitrogens with zero attached hydrogens (tertiary/aromatic N) is 2. The van der Waals surface area contributed by atoms with Crippen LogP contribution in [-0.2, 0) is 21.4 Å². The van der Waals surface area contributed by atoms with Crippen molar-refractivity contribution in [2.45, 2.75) is 31.2 Å². The minimum atomic E-state index is -3.67. The number of imidazole rings is 1. The Morgan fingerprint density at radius 3 is 2.80 bits per heavy atom. The van der Waals surface area contributed by atoms with Gasteiger partial charge in [-0.2, -0.15) is 0 Å². The van der Waals surface area contributed by atoms with Crippen LogP contribution in [-0.4, -0.2) is 37.5 Å². The van der Waals surface area contributed by atoms with Crippen LogP contribution < -0.4 is 14.8 Å². The second-order valence-corrected chi connectivity index (χ2v) is 7.08. The van der Waals surface area contributed by atoms with Crippen molar-refractivity contribution in [1.82, 2.24) is 14.3 Å². The second-order valence-electron chi connectivity index (χ2n) is 5.32. The van der Waals surface area contributed by atoms with E-state index in [0.29, 0.717) is 30.9 Å². The van der Waals surface area contributed by atoms with Gasteiger partial charge in [0.2, 0.25) is 15.9 Å². The predicted molar refractivity (Wildman–Crippen MR) is 93.9 cm³/mol. The van der Waals surface area contributed by atoms with E-state index in [4.69, 9.17) is 4.74 Å². The summed E-state index contributed by atoms with van der Waals surface area (Å²) in [6, 6.07) is 4.36. The Labute approximate surface area is 147 Å². The average molecular weight is 366 g/mol. The molecule has 9 heteroatoms. The fourth-order valence-corrected chi connectivity index (χ4v) is 3.26. The van der Waals surface area contributed by atoms with Crippen molar-refractivity contribution in [3.8, 4) is 5.75 Å². The van der Waals surface area contributed by atoms with E-state index in [-0.39, 0.29) is 17.2 Å². The number of nitrogens with one attached hydrogen (secondary N) is 2. The summed E-state index contributed by atoms with van der Waals surface area (Å²) in [6.45, 7) is 2.68. The molecule has 0 spiro atoms. The van der Waals surface area contributed by atoms with E-state index in [1.54, 1.807) is 19.4 Å². The number of ether oxygens (including phenoxy) is 1. The molecule has 0 radical (unpaired) electrons. The Morgan fingerprint density at radius 1 is 1.36 bits per heavy atom. The van der Waals surface area contributed by atoms with Crippen molar-refractivity contribution >= 4 is 21.6 Å². The summed E-state index contributed by atoms with van der Waals surface area (Å²) >= 11 is 0. The molecule has 136 valence electrons. The van der Waals surface area contributed by atoms with Gasteiger partial charge in [0, 0.05) is 31.9 Å². The minimum Gasteiger partial charge on any atom is -0.495 e. The van der Waals surface area contributed by atoms with Gasteiger partial charge in [0.25, 0.3) is 0 Å². The van der Waals surface area contributed by atoms with Crippen LogP contribution in [0.15, 0.2) is 41.8 Å². The van der Waals surface area contributed by atoms with Crippen molar-refractivity contribution in [1.29, 1.82) is 0 Å². The first kappa shape index (κ1) is 18.9. The van der Waals surface area contributed by atoms with Gasteiger partial charge < -0.3 is 14.6 Å². The number of benzene rings is 1. The van der Waals surface area contributed by atoms with Crippen LogP contribution in [0.5, 0.6) is 5.75 Å². The molecule has 1 aromatic heterocycles. The van der Waals surface area contributed by atoms with Crippen molar-refractivity contribution < 1.29 is 17.9 Å². The first-order valence-corrected chi connectivity index (χ1v) is 9.38. The number of rotatable bonds is 9. The van der Waals surface area contributed by atoms with Crippen LogP contribution in [0.2, 0.25) is 0 Å². The number of sulfonamides is 1. The maximum absolute atomic E-state index is 12.4. The maximum Gasteiger partial charge on any atom is 0.240 e. The fraction of sp³-hybridized carbons (Fsp3) is 0.375. The van der Waals surface area contributed by atoms with Gasteiger partial charge in [-0.3, -0.25) is 4.79 Å². The van der Waals surface area contributed by atoms with Crippen molar-refractivity contribution in [3.05, 3.63) is 36.9 Å². The Balaban J connectivity index is 2.04. The zero-order valence-electron chi connectivity index (χ0n) is 14.2. The molecular weight excluding hydrogens is 344 g/mol. The Hall–Kier alpha value is -2.39. The Kier molecular flexibility index (Phi) is 6.54. The molecule has 0 bridgehead atoms. The molecule has 0 saturated heterocycles. The first-order chi connectivity index (χ1) is 12.0. The molecule has 2 rings (SSSR count). The van der Waals surface area contributed by atoms with Gasteiger partial charge in [-0.25, -0.2) is 18.1 Å². The normalized spacial score (nSPS) is 11.3. The highest BCUT2D eigenvalue weighted by atomic mass is 32.2. The van der Waals surface area contributed by atoms with Crippen molar-refractivity contribution in [3.63, 3.8) is 0 Å². The summed E-state index contributed by atoms with van der Waals surface area (Å²) in [4.78, 5) is 15.6. The standard InChI is InChI=1S/C16H22N4O4S/c1-3-16(21)19-14-11-13(5-6-15(14)24-2)25(22,23)18-7-4-9-20-10-8-17-12-20/h5-6,8,10-12,18H,3-4,7,9H2,1-2H3,(H,19,21). The fourth-order valence-electron chi connectivity index (χ4n) is 2.16. The highest BCUT2D eigenvalue weighted by molar-refractivity contribution is 7.89. The molecule has 0 fully saturated rings. The number of anilines is 1. The van der Waals surface area contributed by atoms with Gasteiger partial charge in [-0.15, -0.1) is 0 Å². The molecule has 25 heavy (non-hydrogen) atoms. The van der Waals surface area contributed by atoms with E-state index >= 15 is 0 Å². The molecule has 2 N–H and O–H groups in total. The third-order valence-corrected chi connectivity index (χ3v) is 4.98. The monoisotopic (exact) mass is 366 g/mol. The second kappa shape index (κ2) is 8.63. The summed E-state index contributed by atoms with van der Waals surface area (Å²) in [5, 5.41) is 2.64. The smallest absolute Gasteiger partial charge is 0.240 e. The van der Waals surface area contributed by atoms with Crippen LogP contribution in [0.3, 0.4) is 0 Å². The number of carbonyl (C=O) groups excluding carboxylic acids is 1. The zero-order valence-corrected chi connectivity index (χ0v) is 15.0. The highest BCUT2D eigenvalue weighted by Crippen LogP contribution is 2.27. The number of hydrogen-bond donors (Lipinski definition) is 2. The van der Waals surface area contributed by atoms with E-state index in [0.717, 1.165) is 0 Å². The van der Waals surface area contributed by atoms with Gasteiger partial charge in [0.15, 0.2) is 0 Å². The molecule has 0 aliphatic heterocycles. The van der Waals surface area contributed by atoms with E-state index in [2.05, 4.69) is 15.0 Å². The molecule has 1 aromatic carbocycles. The Morgan fingerprint density at radius 2 is 2.16 bits per heavy atom. The molecule has 0 aliphatic carbocycles. The quantitative estimate of drug-likeness (QED) is 0.657. The molecule has 0 atom stereocenters. The minimum absolute atomic E-state index is 0.0716. The predicted octanol–water partition coefficient (Wildman–Crippen LogP) is 1.61. The number of aromatic nitrogens is 2. The van der Waals surface area contributed by atoms with Crippen LogP contribution in [0.4, 0.5) is 5.69 Å². The van der Waals surface area contributed by atoms with Crippen LogP contribution >= 0.6 is 0 Å². The molecular formula is C16H22N4O4S. The van der Waals surface area contributed by atoms with Gasteiger partial charge in [0.1, 0.15) is 5.75 Å². The third kappa shape index (κ3) is 5.30. The lowest BCUT2D eigenvalue weighted by molar-refractivity contribution is -0.115. The third-order valence-electron chi connectivity index (χ3n) is 3.52. The van der Waals surface area contributed by atoms with Gasteiger partial charge in [-0.1, -0.05) is 6.92 Å². The van der Waals surface area contributed by atoms with Gasteiger partial charge in [-0.05, 0) is 24.6 Å². The molecule has 0 unspecified atom stereocenters. The topological polar surface area (TPSA) is 102 Å². The number of hydrogen-bond acceptors (Lipinski definition) is 5. The maximum atomic E-state index is 12.4. The van der Waals surface area contributed by atoms with Crippen molar-refractivity contribution in [2.24, 2.45) is 0 Å². The SMILES string of the molecule is CCC(=O)Nc1cc(S(=O)(=O)NCCCn2ccnc2)ccc1OC. The van der Waals surface area contributed by atoms with Gasteiger partial charge >= 0.3 is 0 Å². The van der Waals surface area contributed by atoms with Crippen LogP contribution in [0.1, 0.15) is 19.8 Å². The molecule has 2 aromatic rings. The zero-order chi connectivity index (χ0) is 18.3. The largest absolute Gasteiger partial charge is 0.495 e. The van der Waals surface area contributed by atoms with E-state index in [1.807, 2.05) is 10.8 Å². The summed E-state index contributed by atoms with van der Waals surface area (Å²) < 4.78 is 34.4. The molecule has 8 nitrogen and oxygen atoms in total. The van der Waals surface area contributed by atoms with Gasteiger partial charge in [0.05, 0.1) is 24.0 Å².